The van der Waals surface area contributed by atoms with E-state index in [0.29, 0.717) is 12.5 Å². The van der Waals surface area contributed by atoms with Crippen LogP contribution in [0.4, 0.5) is 0 Å². The third kappa shape index (κ3) is 4.01. The van der Waals surface area contributed by atoms with Crippen molar-refractivity contribution in [1.82, 2.24) is 9.55 Å². The quantitative estimate of drug-likeness (QED) is 0.818. The molecule has 0 saturated carbocycles. The van der Waals surface area contributed by atoms with E-state index < -0.39 is 0 Å². The molecule has 0 radical (unpaired) electrons. The molecule has 0 amide bonds. The molecule has 0 fully saturated rings. The molecule has 4 heteroatoms. The highest BCUT2D eigenvalue weighted by Crippen LogP contribution is 2.25. The molecule has 23 heavy (non-hydrogen) atoms. The van der Waals surface area contributed by atoms with Gasteiger partial charge < -0.3 is 15.0 Å². The molecule has 126 valence electrons. The maximum atomic E-state index is 5.85. The Morgan fingerprint density at radius 3 is 2.78 bits per heavy atom. The predicted molar refractivity (Wildman–Crippen MR) is 96.0 cm³/mol. The second-order valence-electron chi connectivity index (χ2n) is 5.91. The van der Waals surface area contributed by atoms with Gasteiger partial charge in [-0.05, 0) is 32.8 Å². The summed E-state index contributed by atoms with van der Waals surface area (Å²) in [5, 5.41) is 0. The zero-order valence-corrected chi connectivity index (χ0v) is 14.7. The number of ether oxygens (including phenoxy) is 1. The topological polar surface area (TPSA) is 53.1 Å². The van der Waals surface area contributed by atoms with E-state index in [0.717, 1.165) is 30.9 Å². The number of nitrogens with zero attached hydrogens (tertiary/aromatic N) is 2. The number of aromatic nitrogens is 2. The summed E-state index contributed by atoms with van der Waals surface area (Å²) in [6, 6.07) is 0. The zero-order valence-electron chi connectivity index (χ0n) is 14.7. The van der Waals surface area contributed by atoms with Gasteiger partial charge in [-0.3, -0.25) is 0 Å². The van der Waals surface area contributed by atoms with Crippen molar-refractivity contribution < 1.29 is 4.74 Å². The summed E-state index contributed by atoms with van der Waals surface area (Å²) in [5.41, 5.74) is 9.53. The fourth-order valence-corrected chi connectivity index (χ4v) is 3.06. The summed E-state index contributed by atoms with van der Waals surface area (Å²) in [6.07, 6.45) is 13.0. The molecule has 2 N–H and O–H groups in total. The van der Waals surface area contributed by atoms with Gasteiger partial charge in [0.05, 0.1) is 24.0 Å². The number of rotatable bonds is 6. The van der Waals surface area contributed by atoms with Gasteiger partial charge in [0.15, 0.2) is 0 Å². The number of aryl methyl sites for hydroxylation is 1. The highest BCUT2D eigenvalue weighted by atomic mass is 16.5. The van der Waals surface area contributed by atoms with Crippen molar-refractivity contribution in [1.29, 1.82) is 0 Å². The maximum Gasteiger partial charge on any atom is 0.123 e. The minimum absolute atomic E-state index is 0.0871. The summed E-state index contributed by atoms with van der Waals surface area (Å²) >= 11 is 0. The Bertz CT molecular complexity index is 610. The lowest BCUT2D eigenvalue weighted by Crippen LogP contribution is -2.08. The van der Waals surface area contributed by atoms with Gasteiger partial charge in [-0.2, -0.15) is 0 Å². The van der Waals surface area contributed by atoms with Gasteiger partial charge >= 0.3 is 0 Å². The van der Waals surface area contributed by atoms with Crippen LogP contribution in [0.5, 0.6) is 0 Å². The fraction of sp³-hybridized carbons (Fsp3) is 0.526. The molecule has 2 rings (SSSR count). The van der Waals surface area contributed by atoms with Crippen molar-refractivity contribution in [2.75, 3.05) is 7.11 Å². The number of imidazole rings is 1. The highest BCUT2D eigenvalue weighted by molar-refractivity contribution is 5.54. The minimum Gasteiger partial charge on any atom is -0.373 e. The van der Waals surface area contributed by atoms with E-state index in [4.69, 9.17) is 15.5 Å². The molecule has 1 aromatic rings. The van der Waals surface area contributed by atoms with Crippen LogP contribution in [0.25, 0.3) is 6.08 Å². The summed E-state index contributed by atoms with van der Waals surface area (Å²) in [5.74, 6) is 1.37. The largest absolute Gasteiger partial charge is 0.373 e. The van der Waals surface area contributed by atoms with E-state index in [1.807, 2.05) is 0 Å². The van der Waals surface area contributed by atoms with E-state index in [2.05, 4.69) is 55.7 Å². The van der Waals surface area contributed by atoms with E-state index >= 15 is 0 Å². The van der Waals surface area contributed by atoms with Gasteiger partial charge in [-0.15, -0.1) is 0 Å². The van der Waals surface area contributed by atoms with Crippen molar-refractivity contribution >= 4 is 6.08 Å². The molecule has 0 aromatic carbocycles. The second kappa shape index (κ2) is 8.27. The Balaban J connectivity index is 2.34. The van der Waals surface area contributed by atoms with Crippen molar-refractivity contribution in [2.45, 2.75) is 52.8 Å². The lowest BCUT2D eigenvalue weighted by atomic mass is 9.95. The molecule has 0 aliphatic heterocycles. The summed E-state index contributed by atoms with van der Waals surface area (Å²) < 4.78 is 7.62. The number of nitrogens with two attached hydrogens (primary N) is 1. The average Bonchev–Trinajstić information content (AvgIpc) is 2.74. The van der Waals surface area contributed by atoms with Crippen LogP contribution < -0.4 is 5.73 Å². The number of methoxy groups -OCH3 is 1. The minimum atomic E-state index is 0.0871. The molecule has 1 aliphatic rings. The Labute approximate surface area is 139 Å². The lowest BCUT2D eigenvalue weighted by Gasteiger charge is -2.13. The normalized spacial score (nSPS) is 21.7. The third-order valence-electron chi connectivity index (χ3n) is 4.47. The molecular weight excluding hydrogens is 286 g/mol. The monoisotopic (exact) mass is 315 g/mol. The van der Waals surface area contributed by atoms with Gasteiger partial charge in [-0.1, -0.05) is 36.8 Å². The summed E-state index contributed by atoms with van der Waals surface area (Å²) in [4.78, 5) is 4.70. The fourth-order valence-electron chi connectivity index (χ4n) is 3.06. The molecule has 2 unspecified atom stereocenters. The molecule has 4 nitrogen and oxygen atoms in total. The van der Waals surface area contributed by atoms with Crippen LogP contribution in [-0.2, 0) is 24.2 Å². The molecule has 0 bridgehead atoms. The number of allylic oxidation sites excluding steroid dienone is 3. The maximum absolute atomic E-state index is 5.85. The van der Waals surface area contributed by atoms with Crippen LogP contribution in [0.3, 0.4) is 0 Å². The zero-order chi connectivity index (χ0) is 16.8. The lowest BCUT2D eigenvalue weighted by molar-refractivity contribution is 0.177. The van der Waals surface area contributed by atoms with Crippen molar-refractivity contribution in [2.24, 2.45) is 11.7 Å². The van der Waals surface area contributed by atoms with E-state index in [-0.39, 0.29) is 6.10 Å². The van der Waals surface area contributed by atoms with Crippen LogP contribution in [0.15, 0.2) is 29.9 Å². The Morgan fingerprint density at radius 2 is 2.17 bits per heavy atom. The summed E-state index contributed by atoms with van der Waals surface area (Å²) in [6.45, 7) is 7.86. The van der Waals surface area contributed by atoms with Crippen molar-refractivity contribution in [3.8, 4) is 0 Å². The van der Waals surface area contributed by atoms with E-state index in [9.17, 15) is 0 Å². The third-order valence-corrected chi connectivity index (χ3v) is 4.47. The predicted octanol–water partition coefficient (Wildman–Crippen LogP) is 3.47. The molecule has 2 atom stereocenters. The van der Waals surface area contributed by atoms with Gasteiger partial charge in [0.2, 0.25) is 0 Å². The molecule has 1 aromatic heterocycles. The smallest absolute Gasteiger partial charge is 0.123 e. The van der Waals surface area contributed by atoms with Crippen molar-refractivity contribution in [3.05, 3.63) is 47.1 Å². The average molecular weight is 315 g/mol. The van der Waals surface area contributed by atoms with E-state index in [1.165, 1.54) is 11.3 Å². The first-order chi connectivity index (χ1) is 11.1. The van der Waals surface area contributed by atoms with E-state index in [1.54, 1.807) is 7.11 Å². The summed E-state index contributed by atoms with van der Waals surface area (Å²) in [7, 11) is 1.74. The molecular formula is C19H29N3O. The van der Waals surface area contributed by atoms with Crippen LogP contribution in [0.1, 0.15) is 44.4 Å². The SMILES string of the molecule is CCc1nc(CN)n(CC)c1C=C(C)C1C=CC(OC)C=CC1. The van der Waals surface area contributed by atoms with Crippen LogP contribution in [0, 0.1) is 5.92 Å². The van der Waals surface area contributed by atoms with Crippen LogP contribution >= 0.6 is 0 Å². The molecule has 1 aliphatic carbocycles. The van der Waals surface area contributed by atoms with Crippen molar-refractivity contribution in [3.63, 3.8) is 0 Å². The number of hydrogen-bond acceptors (Lipinski definition) is 3. The Kier molecular flexibility index (Phi) is 6.37. The van der Waals surface area contributed by atoms with Gasteiger partial charge in [0.25, 0.3) is 0 Å². The molecule has 1 heterocycles. The Hall–Kier alpha value is -1.65. The first-order valence-corrected chi connectivity index (χ1v) is 8.48. The number of hydrogen-bond donors (Lipinski definition) is 1. The molecule has 0 spiro atoms. The standard InChI is InChI=1S/C19H29N3O/c1-5-17-18(22(6-2)19(13-20)21-17)12-14(3)15-8-7-9-16(23-4)11-10-15/h7,9-12,15-16H,5-6,8,13,20H2,1-4H3. The van der Waals surface area contributed by atoms with Gasteiger partial charge in [-0.25, -0.2) is 4.98 Å². The van der Waals surface area contributed by atoms with Gasteiger partial charge in [0.1, 0.15) is 5.82 Å². The van der Waals surface area contributed by atoms with Crippen LogP contribution in [-0.4, -0.2) is 22.8 Å². The second-order valence-corrected chi connectivity index (χ2v) is 5.91. The van der Waals surface area contributed by atoms with Crippen LogP contribution in [0.2, 0.25) is 0 Å². The first-order valence-electron chi connectivity index (χ1n) is 8.48. The Morgan fingerprint density at radius 1 is 1.39 bits per heavy atom. The first kappa shape index (κ1) is 17.7. The highest BCUT2D eigenvalue weighted by Gasteiger charge is 2.15. The molecule has 0 saturated heterocycles. The van der Waals surface area contributed by atoms with Gasteiger partial charge in [0, 0.05) is 19.6 Å².